The van der Waals surface area contributed by atoms with E-state index in [2.05, 4.69) is 30.6 Å². The van der Waals surface area contributed by atoms with Crippen molar-refractivity contribution >= 4 is 17.5 Å². The lowest BCUT2D eigenvalue weighted by atomic mass is 10.2. The van der Waals surface area contributed by atoms with Crippen molar-refractivity contribution in [2.45, 2.75) is 0 Å². The summed E-state index contributed by atoms with van der Waals surface area (Å²) in [6.07, 6.45) is 0. The van der Waals surface area contributed by atoms with E-state index < -0.39 is 0 Å². The van der Waals surface area contributed by atoms with Crippen molar-refractivity contribution in [1.29, 1.82) is 0 Å². The van der Waals surface area contributed by atoms with Crippen LogP contribution in [0.4, 0.5) is 11.6 Å². The highest BCUT2D eigenvalue weighted by atomic mass is 16.5. The van der Waals surface area contributed by atoms with E-state index >= 15 is 0 Å². The van der Waals surface area contributed by atoms with E-state index in [0.29, 0.717) is 23.1 Å². The maximum absolute atomic E-state index is 12.6. The van der Waals surface area contributed by atoms with E-state index in [-0.39, 0.29) is 12.5 Å². The zero-order chi connectivity index (χ0) is 21.6. The fraction of sp³-hybridized carbons (Fsp3) is 0.333. The quantitative estimate of drug-likeness (QED) is 0.610. The Bertz CT molecular complexity index is 1020. The zero-order valence-corrected chi connectivity index (χ0v) is 17.6. The molecule has 162 valence electrons. The molecule has 10 nitrogen and oxygen atoms in total. The Kier molecular flexibility index (Phi) is 6.27. The molecule has 31 heavy (non-hydrogen) atoms. The topological polar surface area (TPSA) is 97.6 Å². The van der Waals surface area contributed by atoms with Gasteiger partial charge < -0.3 is 19.7 Å². The van der Waals surface area contributed by atoms with Crippen LogP contribution in [0.5, 0.6) is 11.5 Å². The first kappa shape index (κ1) is 20.6. The highest BCUT2D eigenvalue weighted by molar-refractivity contribution is 5.94. The van der Waals surface area contributed by atoms with Crippen molar-refractivity contribution in [2.75, 3.05) is 57.2 Å². The molecular formula is C21H25N7O3. The van der Waals surface area contributed by atoms with E-state index in [9.17, 15) is 4.79 Å². The number of carbonyl (C=O) groups excluding carboxylic acids is 1. The number of aromatic nitrogens is 4. The second kappa shape index (κ2) is 9.43. The van der Waals surface area contributed by atoms with Crippen LogP contribution in [0.3, 0.4) is 0 Å². The molecule has 0 unspecified atom stereocenters. The highest BCUT2D eigenvalue weighted by Crippen LogP contribution is 2.28. The number of hydrogen-bond donors (Lipinski definition) is 1. The molecule has 0 radical (unpaired) electrons. The first-order chi connectivity index (χ1) is 15.2. The molecular weight excluding hydrogens is 398 g/mol. The number of methoxy groups -OCH3 is 2. The van der Waals surface area contributed by atoms with E-state index in [1.807, 2.05) is 30.3 Å². The Morgan fingerprint density at radius 3 is 2.52 bits per heavy atom. The van der Waals surface area contributed by atoms with Crippen LogP contribution in [0.2, 0.25) is 0 Å². The lowest BCUT2D eigenvalue weighted by Crippen LogP contribution is -2.49. The molecule has 0 atom stereocenters. The van der Waals surface area contributed by atoms with Crippen LogP contribution in [-0.2, 0) is 4.79 Å². The molecule has 2 heterocycles. The third kappa shape index (κ3) is 4.75. The van der Waals surface area contributed by atoms with Gasteiger partial charge in [-0.3, -0.25) is 9.69 Å². The number of ether oxygens (including phenoxy) is 2. The Labute approximate surface area is 180 Å². The number of rotatable bonds is 7. The van der Waals surface area contributed by atoms with E-state index in [0.717, 1.165) is 31.9 Å². The molecule has 1 aromatic heterocycles. The molecule has 0 bridgehead atoms. The second-order valence-corrected chi connectivity index (χ2v) is 7.10. The van der Waals surface area contributed by atoms with Crippen LogP contribution >= 0.6 is 0 Å². The average molecular weight is 423 g/mol. The van der Waals surface area contributed by atoms with Gasteiger partial charge in [0.25, 0.3) is 0 Å². The van der Waals surface area contributed by atoms with Gasteiger partial charge in [-0.15, -0.1) is 0 Å². The van der Waals surface area contributed by atoms with Gasteiger partial charge in [0, 0.05) is 32.2 Å². The lowest BCUT2D eigenvalue weighted by Gasteiger charge is -2.34. The fourth-order valence-corrected chi connectivity index (χ4v) is 3.53. The third-order valence-corrected chi connectivity index (χ3v) is 5.16. The molecule has 4 rings (SSSR count). The van der Waals surface area contributed by atoms with Crippen LogP contribution in [0.25, 0.3) is 5.69 Å². The van der Waals surface area contributed by atoms with Gasteiger partial charge in [-0.2, -0.15) is 4.68 Å². The van der Waals surface area contributed by atoms with Crippen molar-refractivity contribution in [3.05, 3.63) is 48.5 Å². The van der Waals surface area contributed by atoms with Gasteiger partial charge in [0.1, 0.15) is 11.5 Å². The summed E-state index contributed by atoms with van der Waals surface area (Å²) in [6, 6.07) is 15.1. The van der Waals surface area contributed by atoms with Crippen molar-refractivity contribution in [1.82, 2.24) is 25.1 Å². The van der Waals surface area contributed by atoms with Gasteiger partial charge in [0.15, 0.2) is 0 Å². The van der Waals surface area contributed by atoms with Crippen molar-refractivity contribution in [2.24, 2.45) is 0 Å². The number of nitrogens with one attached hydrogen (secondary N) is 1. The molecule has 0 spiro atoms. The number of para-hydroxylation sites is 1. The Balaban J connectivity index is 1.34. The van der Waals surface area contributed by atoms with E-state index in [1.165, 1.54) is 0 Å². The number of hydrogen-bond acceptors (Lipinski definition) is 8. The number of benzene rings is 2. The number of anilines is 2. The Morgan fingerprint density at radius 1 is 1.03 bits per heavy atom. The first-order valence-corrected chi connectivity index (χ1v) is 10.0. The number of carbonyl (C=O) groups is 1. The second-order valence-electron chi connectivity index (χ2n) is 7.10. The zero-order valence-electron chi connectivity index (χ0n) is 17.6. The standard InChI is InChI=1S/C21H25N7O3/c1-30-17-8-9-19(31-2)18(14-17)22-20(29)15-26-10-12-27(13-11-26)21-23-24-25-28(21)16-6-4-3-5-7-16/h3-9,14H,10-13,15H2,1-2H3,(H,22,29). The lowest BCUT2D eigenvalue weighted by molar-refractivity contribution is -0.117. The SMILES string of the molecule is COc1ccc(OC)c(NC(=O)CN2CCN(c3nnnn3-c3ccccc3)CC2)c1. The summed E-state index contributed by atoms with van der Waals surface area (Å²) < 4.78 is 12.3. The van der Waals surface area contributed by atoms with Crippen LogP contribution in [-0.4, -0.2) is 78.0 Å². The first-order valence-electron chi connectivity index (χ1n) is 10.0. The minimum absolute atomic E-state index is 0.103. The van der Waals surface area contributed by atoms with Gasteiger partial charge in [-0.05, 0) is 34.7 Å². The molecule has 1 N–H and O–H groups in total. The van der Waals surface area contributed by atoms with Gasteiger partial charge in [0.2, 0.25) is 11.9 Å². The summed E-state index contributed by atoms with van der Waals surface area (Å²) in [5, 5.41) is 15.1. The predicted molar refractivity (Wildman–Crippen MR) is 116 cm³/mol. The summed E-state index contributed by atoms with van der Waals surface area (Å²) in [5.74, 6) is 1.85. The van der Waals surface area contributed by atoms with Crippen LogP contribution in [0, 0.1) is 0 Å². The normalized spacial score (nSPS) is 14.3. The van der Waals surface area contributed by atoms with E-state index in [1.54, 1.807) is 37.1 Å². The molecule has 2 aromatic carbocycles. The van der Waals surface area contributed by atoms with Gasteiger partial charge in [-0.25, -0.2) is 0 Å². The molecule has 1 amide bonds. The predicted octanol–water partition coefficient (Wildman–Crippen LogP) is 1.44. The maximum atomic E-state index is 12.6. The summed E-state index contributed by atoms with van der Waals surface area (Å²) >= 11 is 0. The molecule has 10 heteroatoms. The molecule has 1 aliphatic rings. The fourth-order valence-electron chi connectivity index (χ4n) is 3.53. The summed E-state index contributed by atoms with van der Waals surface area (Å²) in [4.78, 5) is 16.8. The van der Waals surface area contributed by atoms with Crippen molar-refractivity contribution in [3.8, 4) is 17.2 Å². The molecule has 1 fully saturated rings. The summed E-state index contributed by atoms with van der Waals surface area (Å²) in [6.45, 7) is 3.19. The summed E-state index contributed by atoms with van der Waals surface area (Å²) in [5.41, 5.74) is 1.50. The maximum Gasteiger partial charge on any atom is 0.250 e. The van der Waals surface area contributed by atoms with E-state index in [4.69, 9.17) is 9.47 Å². The number of nitrogens with zero attached hydrogens (tertiary/aromatic N) is 6. The largest absolute Gasteiger partial charge is 0.497 e. The van der Waals surface area contributed by atoms with Crippen LogP contribution < -0.4 is 19.7 Å². The average Bonchev–Trinajstić information content (AvgIpc) is 3.30. The smallest absolute Gasteiger partial charge is 0.250 e. The third-order valence-electron chi connectivity index (χ3n) is 5.16. The minimum atomic E-state index is -0.103. The van der Waals surface area contributed by atoms with Crippen molar-refractivity contribution < 1.29 is 14.3 Å². The highest BCUT2D eigenvalue weighted by Gasteiger charge is 2.23. The Morgan fingerprint density at radius 2 is 1.81 bits per heavy atom. The monoisotopic (exact) mass is 423 g/mol. The van der Waals surface area contributed by atoms with Gasteiger partial charge in [-0.1, -0.05) is 23.3 Å². The number of amides is 1. The number of piperazine rings is 1. The van der Waals surface area contributed by atoms with Crippen LogP contribution in [0.1, 0.15) is 0 Å². The number of tetrazole rings is 1. The van der Waals surface area contributed by atoms with Crippen molar-refractivity contribution in [3.63, 3.8) is 0 Å². The minimum Gasteiger partial charge on any atom is -0.497 e. The molecule has 1 saturated heterocycles. The van der Waals surface area contributed by atoms with Crippen LogP contribution in [0.15, 0.2) is 48.5 Å². The molecule has 3 aromatic rings. The molecule has 0 saturated carbocycles. The van der Waals surface area contributed by atoms with Gasteiger partial charge in [0.05, 0.1) is 32.1 Å². The van der Waals surface area contributed by atoms with Gasteiger partial charge >= 0.3 is 0 Å². The summed E-state index contributed by atoms with van der Waals surface area (Å²) in [7, 11) is 3.15. The molecule has 0 aliphatic carbocycles. The molecule has 1 aliphatic heterocycles. The Hall–Kier alpha value is -3.66.